The van der Waals surface area contributed by atoms with Crippen molar-refractivity contribution in [2.24, 2.45) is 0 Å². The van der Waals surface area contributed by atoms with Gasteiger partial charge in [-0.15, -0.1) is 0 Å². The number of hydrogen-bond donors (Lipinski definition) is 3. The van der Waals surface area contributed by atoms with E-state index in [1.54, 1.807) is 31.4 Å². The molecule has 1 aromatic rings. The summed E-state index contributed by atoms with van der Waals surface area (Å²) in [7, 11) is 1.58. The number of rotatable bonds is 5. The number of urea groups is 1. The van der Waals surface area contributed by atoms with E-state index in [0.717, 1.165) is 5.75 Å². The van der Waals surface area contributed by atoms with E-state index in [-0.39, 0.29) is 12.6 Å². The van der Waals surface area contributed by atoms with Crippen LogP contribution in [0.4, 0.5) is 10.5 Å². The highest BCUT2D eigenvalue weighted by molar-refractivity contribution is 5.89. The van der Waals surface area contributed by atoms with Gasteiger partial charge in [-0.05, 0) is 30.7 Å². The van der Waals surface area contributed by atoms with Gasteiger partial charge in [0.15, 0.2) is 0 Å². The highest BCUT2D eigenvalue weighted by atomic mass is 16.5. The predicted octanol–water partition coefficient (Wildman–Crippen LogP) is 1.59. The van der Waals surface area contributed by atoms with Crippen LogP contribution in [-0.4, -0.2) is 30.9 Å². The maximum Gasteiger partial charge on any atom is 0.319 e. The molecular formula is C12H18N2O3. The molecular weight excluding hydrogens is 220 g/mol. The van der Waals surface area contributed by atoms with Gasteiger partial charge in [0, 0.05) is 12.2 Å². The van der Waals surface area contributed by atoms with Crippen molar-refractivity contribution in [2.75, 3.05) is 19.0 Å². The third-order valence-corrected chi connectivity index (χ3v) is 2.32. The Bertz CT molecular complexity index is 351. The standard InChI is InChI=1S/C12H18N2O3/c1-3-10(15)8-13-12(16)14-9-4-6-11(17-2)7-5-9/h4-7,10,15H,3,8H2,1-2H3,(H2,13,14,16). The van der Waals surface area contributed by atoms with Gasteiger partial charge < -0.3 is 20.5 Å². The Balaban J connectivity index is 2.39. The molecule has 1 atom stereocenters. The fraction of sp³-hybridized carbons (Fsp3) is 0.417. The maximum absolute atomic E-state index is 11.4. The van der Waals surface area contributed by atoms with Crippen molar-refractivity contribution in [1.29, 1.82) is 0 Å². The number of amides is 2. The molecule has 0 heterocycles. The lowest BCUT2D eigenvalue weighted by Gasteiger charge is -2.10. The Hall–Kier alpha value is -1.75. The summed E-state index contributed by atoms with van der Waals surface area (Å²) in [6, 6.07) is 6.68. The zero-order valence-corrected chi connectivity index (χ0v) is 10.1. The van der Waals surface area contributed by atoms with Crippen molar-refractivity contribution in [1.82, 2.24) is 5.32 Å². The van der Waals surface area contributed by atoms with E-state index in [0.29, 0.717) is 12.1 Å². The molecule has 17 heavy (non-hydrogen) atoms. The Kier molecular flexibility index (Phi) is 5.29. The second-order valence-electron chi connectivity index (χ2n) is 3.63. The van der Waals surface area contributed by atoms with Crippen molar-refractivity contribution in [3.05, 3.63) is 24.3 Å². The van der Waals surface area contributed by atoms with Crippen LogP contribution < -0.4 is 15.4 Å². The van der Waals surface area contributed by atoms with Gasteiger partial charge in [-0.25, -0.2) is 4.79 Å². The lowest BCUT2D eigenvalue weighted by molar-refractivity contribution is 0.168. The fourth-order valence-corrected chi connectivity index (χ4v) is 1.20. The summed E-state index contributed by atoms with van der Waals surface area (Å²) in [4.78, 5) is 11.4. The average Bonchev–Trinajstić information content (AvgIpc) is 2.36. The van der Waals surface area contributed by atoms with Crippen LogP contribution in [0.25, 0.3) is 0 Å². The van der Waals surface area contributed by atoms with Crippen molar-refractivity contribution in [3.63, 3.8) is 0 Å². The summed E-state index contributed by atoms with van der Waals surface area (Å²) in [6.45, 7) is 2.10. The molecule has 0 saturated heterocycles. The van der Waals surface area contributed by atoms with Gasteiger partial charge in [0.2, 0.25) is 0 Å². The molecule has 0 aliphatic rings. The van der Waals surface area contributed by atoms with Crippen LogP contribution in [0.1, 0.15) is 13.3 Å². The van der Waals surface area contributed by atoms with E-state index >= 15 is 0 Å². The SMILES string of the molecule is CCC(O)CNC(=O)Nc1ccc(OC)cc1. The highest BCUT2D eigenvalue weighted by Crippen LogP contribution is 2.14. The smallest absolute Gasteiger partial charge is 0.319 e. The molecule has 3 N–H and O–H groups in total. The minimum Gasteiger partial charge on any atom is -0.497 e. The van der Waals surface area contributed by atoms with Crippen molar-refractivity contribution < 1.29 is 14.6 Å². The molecule has 0 aliphatic carbocycles. The lowest BCUT2D eigenvalue weighted by Crippen LogP contribution is -2.34. The number of aliphatic hydroxyl groups is 1. The molecule has 0 fully saturated rings. The molecule has 5 heteroatoms. The summed E-state index contributed by atoms with van der Waals surface area (Å²) in [5.74, 6) is 0.734. The van der Waals surface area contributed by atoms with E-state index < -0.39 is 6.10 Å². The van der Waals surface area contributed by atoms with Crippen LogP contribution in [0.15, 0.2) is 24.3 Å². The molecule has 1 rings (SSSR count). The first-order chi connectivity index (χ1) is 8.15. The molecule has 1 unspecified atom stereocenters. The molecule has 0 bridgehead atoms. The van der Waals surface area contributed by atoms with E-state index in [9.17, 15) is 9.90 Å². The van der Waals surface area contributed by atoms with Crippen LogP contribution in [-0.2, 0) is 0 Å². The molecule has 2 amide bonds. The number of anilines is 1. The second kappa shape index (κ2) is 6.75. The van der Waals surface area contributed by atoms with Crippen LogP contribution in [0.3, 0.4) is 0 Å². The van der Waals surface area contributed by atoms with E-state index in [2.05, 4.69) is 10.6 Å². The summed E-state index contributed by atoms with van der Waals surface area (Å²) in [5.41, 5.74) is 0.675. The largest absolute Gasteiger partial charge is 0.497 e. The zero-order valence-electron chi connectivity index (χ0n) is 10.1. The van der Waals surface area contributed by atoms with Gasteiger partial charge in [-0.3, -0.25) is 0 Å². The van der Waals surface area contributed by atoms with Gasteiger partial charge >= 0.3 is 6.03 Å². The molecule has 1 aromatic carbocycles. The Morgan fingerprint density at radius 2 is 2.06 bits per heavy atom. The van der Waals surface area contributed by atoms with Gasteiger partial charge in [-0.2, -0.15) is 0 Å². The summed E-state index contributed by atoms with van der Waals surface area (Å²) in [6.07, 6.45) is 0.111. The quantitative estimate of drug-likeness (QED) is 0.729. The van der Waals surface area contributed by atoms with Gasteiger partial charge in [0.25, 0.3) is 0 Å². The topological polar surface area (TPSA) is 70.6 Å². The lowest BCUT2D eigenvalue weighted by atomic mass is 10.3. The minimum absolute atomic E-state index is 0.249. The number of methoxy groups -OCH3 is 1. The first kappa shape index (κ1) is 13.3. The number of aliphatic hydroxyl groups excluding tert-OH is 1. The molecule has 0 spiro atoms. The first-order valence-electron chi connectivity index (χ1n) is 5.52. The number of carbonyl (C=O) groups excluding carboxylic acids is 1. The van der Waals surface area contributed by atoms with Gasteiger partial charge in [-0.1, -0.05) is 6.92 Å². The average molecular weight is 238 g/mol. The minimum atomic E-state index is -0.503. The fourth-order valence-electron chi connectivity index (χ4n) is 1.20. The predicted molar refractivity (Wildman–Crippen MR) is 66.3 cm³/mol. The monoisotopic (exact) mass is 238 g/mol. The summed E-state index contributed by atoms with van der Waals surface area (Å²) < 4.78 is 5.01. The van der Waals surface area contributed by atoms with Gasteiger partial charge in [0.1, 0.15) is 5.75 Å². The highest BCUT2D eigenvalue weighted by Gasteiger charge is 2.04. The molecule has 0 aliphatic heterocycles. The number of carbonyl (C=O) groups is 1. The van der Waals surface area contributed by atoms with Crippen molar-refractivity contribution in [2.45, 2.75) is 19.4 Å². The van der Waals surface area contributed by atoms with E-state index in [4.69, 9.17) is 4.74 Å². The second-order valence-corrected chi connectivity index (χ2v) is 3.63. The van der Waals surface area contributed by atoms with Crippen LogP contribution in [0, 0.1) is 0 Å². The van der Waals surface area contributed by atoms with E-state index in [1.807, 2.05) is 6.92 Å². The Labute approximate surface area is 101 Å². The molecule has 0 aromatic heterocycles. The first-order valence-corrected chi connectivity index (χ1v) is 5.52. The number of nitrogens with one attached hydrogen (secondary N) is 2. The summed E-state index contributed by atoms with van der Waals surface area (Å²) >= 11 is 0. The van der Waals surface area contributed by atoms with Crippen LogP contribution in [0.2, 0.25) is 0 Å². The number of ether oxygens (including phenoxy) is 1. The number of benzene rings is 1. The molecule has 5 nitrogen and oxygen atoms in total. The summed E-state index contributed by atoms with van der Waals surface area (Å²) in [5, 5.41) is 14.5. The zero-order chi connectivity index (χ0) is 12.7. The Morgan fingerprint density at radius 1 is 1.41 bits per heavy atom. The van der Waals surface area contributed by atoms with Crippen LogP contribution in [0.5, 0.6) is 5.75 Å². The van der Waals surface area contributed by atoms with E-state index in [1.165, 1.54) is 0 Å². The van der Waals surface area contributed by atoms with Crippen LogP contribution >= 0.6 is 0 Å². The van der Waals surface area contributed by atoms with Gasteiger partial charge in [0.05, 0.1) is 13.2 Å². The Morgan fingerprint density at radius 3 is 2.59 bits per heavy atom. The number of hydrogen-bond acceptors (Lipinski definition) is 3. The normalized spacial score (nSPS) is 11.7. The molecule has 0 saturated carbocycles. The third kappa shape index (κ3) is 4.74. The van der Waals surface area contributed by atoms with Crippen molar-refractivity contribution in [3.8, 4) is 5.75 Å². The molecule has 94 valence electrons. The van der Waals surface area contributed by atoms with Crippen molar-refractivity contribution >= 4 is 11.7 Å². The molecule has 0 radical (unpaired) electrons. The maximum atomic E-state index is 11.4. The third-order valence-electron chi connectivity index (χ3n) is 2.32.